The van der Waals surface area contributed by atoms with Crippen LogP contribution < -0.4 is 10.1 Å². The van der Waals surface area contributed by atoms with Gasteiger partial charge in [0.25, 0.3) is 0 Å². The first-order chi connectivity index (χ1) is 7.72. The van der Waals surface area contributed by atoms with Crippen LogP contribution in [0.3, 0.4) is 0 Å². The van der Waals surface area contributed by atoms with Crippen molar-refractivity contribution in [3.63, 3.8) is 0 Å². The highest BCUT2D eigenvalue weighted by atomic mass is 19.1. The number of ether oxygens (including phenoxy) is 1. The Bertz CT molecular complexity index is 372. The van der Waals surface area contributed by atoms with E-state index in [-0.39, 0.29) is 5.82 Å². The van der Waals surface area contributed by atoms with Gasteiger partial charge in [-0.3, -0.25) is 0 Å². The van der Waals surface area contributed by atoms with Crippen molar-refractivity contribution in [1.82, 2.24) is 5.32 Å². The molecule has 0 aromatic heterocycles. The number of hydrogen-bond donors (Lipinski definition) is 1. The number of benzene rings is 1. The lowest BCUT2D eigenvalue weighted by molar-refractivity contribution is 0.403. The van der Waals surface area contributed by atoms with Gasteiger partial charge in [0.2, 0.25) is 0 Å². The van der Waals surface area contributed by atoms with Gasteiger partial charge in [0.15, 0.2) is 0 Å². The zero-order chi connectivity index (χ0) is 11.5. The quantitative estimate of drug-likeness (QED) is 0.832. The molecule has 2 nitrogen and oxygen atoms in total. The van der Waals surface area contributed by atoms with Crippen LogP contribution in [0, 0.1) is 12.7 Å². The van der Waals surface area contributed by atoms with Gasteiger partial charge in [-0.2, -0.15) is 0 Å². The van der Waals surface area contributed by atoms with Crippen LogP contribution in [0.4, 0.5) is 4.39 Å². The standard InChI is InChI=1S/C13H18FNO/c1-9-7-11(10-3-5-15-6-4-10)12(14)8-13(9)16-2/h7-8,10,15H,3-6H2,1-2H3. The van der Waals surface area contributed by atoms with E-state index in [0.717, 1.165) is 37.1 Å². The normalized spacial score (nSPS) is 17.4. The molecule has 1 aliphatic rings. The van der Waals surface area contributed by atoms with E-state index in [1.807, 2.05) is 13.0 Å². The number of halogens is 1. The van der Waals surface area contributed by atoms with E-state index in [1.165, 1.54) is 6.07 Å². The van der Waals surface area contributed by atoms with Gasteiger partial charge in [0.05, 0.1) is 7.11 Å². The van der Waals surface area contributed by atoms with Gasteiger partial charge in [-0.1, -0.05) is 0 Å². The van der Waals surface area contributed by atoms with Crippen LogP contribution in [0.15, 0.2) is 12.1 Å². The Morgan fingerprint density at radius 1 is 1.31 bits per heavy atom. The van der Waals surface area contributed by atoms with Gasteiger partial charge in [0.1, 0.15) is 11.6 Å². The van der Waals surface area contributed by atoms with Crippen molar-refractivity contribution < 1.29 is 9.13 Å². The smallest absolute Gasteiger partial charge is 0.130 e. The summed E-state index contributed by atoms with van der Waals surface area (Å²) in [5, 5.41) is 3.29. The van der Waals surface area contributed by atoms with Crippen LogP contribution in [0.2, 0.25) is 0 Å². The third kappa shape index (κ3) is 2.19. The number of rotatable bonds is 2. The van der Waals surface area contributed by atoms with E-state index in [9.17, 15) is 4.39 Å². The predicted molar refractivity (Wildman–Crippen MR) is 62.5 cm³/mol. The van der Waals surface area contributed by atoms with Gasteiger partial charge in [0, 0.05) is 6.07 Å². The SMILES string of the molecule is COc1cc(F)c(C2CCNCC2)cc1C. The van der Waals surface area contributed by atoms with E-state index in [2.05, 4.69) is 5.32 Å². The van der Waals surface area contributed by atoms with Gasteiger partial charge >= 0.3 is 0 Å². The maximum absolute atomic E-state index is 13.9. The lowest BCUT2D eigenvalue weighted by Gasteiger charge is -2.24. The van der Waals surface area contributed by atoms with E-state index < -0.39 is 0 Å². The summed E-state index contributed by atoms with van der Waals surface area (Å²) in [6.45, 7) is 3.92. The molecule has 0 atom stereocenters. The maximum atomic E-state index is 13.9. The molecule has 0 spiro atoms. The van der Waals surface area contributed by atoms with Crippen molar-refractivity contribution in [3.05, 3.63) is 29.1 Å². The van der Waals surface area contributed by atoms with Gasteiger partial charge < -0.3 is 10.1 Å². The third-order valence-electron chi connectivity index (χ3n) is 3.29. The molecule has 1 aliphatic heterocycles. The highest BCUT2D eigenvalue weighted by Crippen LogP contribution is 2.31. The fourth-order valence-corrected chi connectivity index (χ4v) is 2.35. The molecule has 0 radical (unpaired) electrons. The van der Waals surface area contributed by atoms with Crippen LogP contribution in [0.5, 0.6) is 5.75 Å². The Hall–Kier alpha value is -1.09. The van der Waals surface area contributed by atoms with Crippen LogP contribution in [0.1, 0.15) is 29.9 Å². The minimum absolute atomic E-state index is 0.130. The summed E-state index contributed by atoms with van der Waals surface area (Å²) < 4.78 is 19.0. The topological polar surface area (TPSA) is 21.3 Å². The van der Waals surface area contributed by atoms with Gasteiger partial charge in [-0.15, -0.1) is 0 Å². The maximum Gasteiger partial charge on any atom is 0.130 e. The number of methoxy groups -OCH3 is 1. The van der Waals surface area contributed by atoms with E-state index >= 15 is 0 Å². The number of hydrogen-bond acceptors (Lipinski definition) is 2. The summed E-state index contributed by atoms with van der Waals surface area (Å²) in [7, 11) is 1.58. The first-order valence-corrected chi connectivity index (χ1v) is 5.77. The molecular formula is C13H18FNO. The molecule has 1 N–H and O–H groups in total. The molecule has 0 aliphatic carbocycles. The van der Waals surface area contributed by atoms with Crippen molar-refractivity contribution >= 4 is 0 Å². The summed E-state index contributed by atoms with van der Waals surface area (Å²) in [6.07, 6.45) is 2.03. The van der Waals surface area contributed by atoms with Crippen LogP contribution in [-0.2, 0) is 0 Å². The van der Waals surface area contributed by atoms with Crippen molar-refractivity contribution in [2.24, 2.45) is 0 Å². The minimum Gasteiger partial charge on any atom is -0.496 e. The summed E-state index contributed by atoms with van der Waals surface area (Å²) in [6, 6.07) is 3.44. The molecule has 1 aromatic rings. The average molecular weight is 223 g/mol. The Labute approximate surface area is 95.8 Å². The fourth-order valence-electron chi connectivity index (χ4n) is 2.35. The van der Waals surface area contributed by atoms with Crippen molar-refractivity contribution in [2.45, 2.75) is 25.7 Å². The first-order valence-electron chi connectivity index (χ1n) is 5.77. The molecular weight excluding hydrogens is 205 g/mol. The van der Waals surface area contributed by atoms with Crippen LogP contribution in [0.25, 0.3) is 0 Å². The Kier molecular flexibility index (Phi) is 3.44. The van der Waals surface area contributed by atoms with E-state index in [1.54, 1.807) is 7.11 Å². The summed E-state index contributed by atoms with van der Waals surface area (Å²) >= 11 is 0. The monoisotopic (exact) mass is 223 g/mol. The molecule has 1 fully saturated rings. The zero-order valence-corrected chi connectivity index (χ0v) is 9.85. The molecule has 1 saturated heterocycles. The Morgan fingerprint density at radius 2 is 2.00 bits per heavy atom. The number of nitrogens with one attached hydrogen (secondary N) is 1. The molecule has 1 heterocycles. The highest BCUT2D eigenvalue weighted by molar-refractivity contribution is 5.38. The first kappa shape index (κ1) is 11.4. The molecule has 0 amide bonds. The molecule has 3 heteroatoms. The molecule has 0 bridgehead atoms. The molecule has 88 valence electrons. The van der Waals surface area contributed by atoms with Crippen LogP contribution in [-0.4, -0.2) is 20.2 Å². The Balaban J connectivity index is 2.29. The number of aryl methyl sites for hydroxylation is 1. The van der Waals surface area contributed by atoms with E-state index in [0.29, 0.717) is 11.7 Å². The highest BCUT2D eigenvalue weighted by Gasteiger charge is 2.19. The fraction of sp³-hybridized carbons (Fsp3) is 0.538. The summed E-state index contributed by atoms with van der Waals surface area (Å²) in [5.74, 6) is 0.857. The Morgan fingerprint density at radius 3 is 2.62 bits per heavy atom. The molecule has 16 heavy (non-hydrogen) atoms. The summed E-state index contributed by atoms with van der Waals surface area (Å²) in [5.41, 5.74) is 1.86. The zero-order valence-electron chi connectivity index (χ0n) is 9.85. The molecule has 0 saturated carbocycles. The summed E-state index contributed by atoms with van der Waals surface area (Å²) in [4.78, 5) is 0. The van der Waals surface area contributed by atoms with Crippen molar-refractivity contribution in [3.8, 4) is 5.75 Å². The van der Waals surface area contributed by atoms with Crippen LogP contribution >= 0.6 is 0 Å². The average Bonchev–Trinajstić information content (AvgIpc) is 2.32. The van der Waals surface area contributed by atoms with Crippen molar-refractivity contribution in [2.75, 3.05) is 20.2 Å². The second-order valence-corrected chi connectivity index (χ2v) is 4.37. The third-order valence-corrected chi connectivity index (χ3v) is 3.29. The second kappa shape index (κ2) is 4.83. The van der Waals surface area contributed by atoms with Crippen molar-refractivity contribution in [1.29, 1.82) is 0 Å². The molecule has 0 unspecified atom stereocenters. The molecule has 2 rings (SSSR count). The lowest BCUT2D eigenvalue weighted by atomic mass is 9.89. The largest absolute Gasteiger partial charge is 0.496 e. The molecule has 1 aromatic carbocycles. The predicted octanol–water partition coefficient (Wildman–Crippen LogP) is 2.61. The van der Waals surface area contributed by atoms with E-state index in [4.69, 9.17) is 4.74 Å². The van der Waals surface area contributed by atoms with Gasteiger partial charge in [-0.25, -0.2) is 4.39 Å². The second-order valence-electron chi connectivity index (χ2n) is 4.37. The minimum atomic E-state index is -0.130. The lowest BCUT2D eigenvalue weighted by Crippen LogP contribution is -2.27. The van der Waals surface area contributed by atoms with Gasteiger partial charge in [-0.05, 0) is 56.0 Å². The number of piperidine rings is 1.